The molecule has 0 saturated carbocycles. The van der Waals surface area contributed by atoms with Gasteiger partial charge in [-0.05, 0) is 62.6 Å². The van der Waals surface area contributed by atoms with Crippen molar-refractivity contribution in [2.24, 2.45) is 0 Å². The van der Waals surface area contributed by atoms with E-state index < -0.39 is 28.4 Å². The molecule has 222 valence electrons. The SMILES string of the molecule is Cc1ccc2c(Oc3ncccc3-c3ccnc(NC4CCCNC4)n3)c(C)ccc2c1NS(=O)(=O)CCC(F)(F)F. The zero-order chi connectivity index (χ0) is 29.9. The van der Waals surface area contributed by atoms with Crippen molar-refractivity contribution in [2.45, 2.75) is 45.3 Å². The number of benzene rings is 2. The first kappa shape index (κ1) is 29.5. The zero-order valence-electron chi connectivity index (χ0n) is 23.1. The summed E-state index contributed by atoms with van der Waals surface area (Å²) in [6.07, 6.45) is -0.687. The number of aromatic nitrogens is 3. The highest BCUT2D eigenvalue weighted by Gasteiger charge is 2.30. The Morgan fingerprint density at radius 2 is 1.81 bits per heavy atom. The third kappa shape index (κ3) is 7.08. The first-order valence-electron chi connectivity index (χ1n) is 13.5. The number of ether oxygens (including phenoxy) is 1. The molecule has 0 aliphatic carbocycles. The highest BCUT2D eigenvalue weighted by molar-refractivity contribution is 7.92. The van der Waals surface area contributed by atoms with Crippen molar-refractivity contribution in [1.82, 2.24) is 20.3 Å². The van der Waals surface area contributed by atoms with Gasteiger partial charge in [0.2, 0.25) is 21.9 Å². The third-order valence-electron chi connectivity index (χ3n) is 7.00. The number of fused-ring (bicyclic) bond motifs is 1. The van der Waals surface area contributed by atoms with E-state index >= 15 is 0 Å². The van der Waals surface area contributed by atoms with Crippen LogP contribution in [0.1, 0.15) is 30.4 Å². The number of hydrogen-bond donors (Lipinski definition) is 3. The molecule has 1 saturated heterocycles. The van der Waals surface area contributed by atoms with Crippen LogP contribution in [0.2, 0.25) is 0 Å². The molecule has 9 nitrogen and oxygen atoms in total. The summed E-state index contributed by atoms with van der Waals surface area (Å²) >= 11 is 0. The number of rotatable bonds is 9. The van der Waals surface area contributed by atoms with Crippen molar-refractivity contribution >= 4 is 32.4 Å². The second-order valence-electron chi connectivity index (χ2n) is 10.3. The van der Waals surface area contributed by atoms with Gasteiger partial charge in [0.25, 0.3) is 0 Å². The van der Waals surface area contributed by atoms with E-state index in [1.54, 1.807) is 55.7 Å². The topological polar surface area (TPSA) is 118 Å². The summed E-state index contributed by atoms with van der Waals surface area (Å²) < 4.78 is 72.0. The molecule has 1 fully saturated rings. The minimum Gasteiger partial charge on any atom is -0.437 e. The lowest BCUT2D eigenvalue weighted by Gasteiger charge is -2.23. The monoisotopic (exact) mass is 600 g/mol. The highest BCUT2D eigenvalue weighted by atomic mass is 32.2. The lowest BCUT2D eigenvalue weighted by Crippen LogP contribution is -2.38. The fourth-order valence-corrected chi connectivity index (χ4v) is 6.01. The average Bonchev–Trinajstić information content (AvgIpc) is 2.95. The van der Waals surface area contributed by atoms with Crippen LogP contribution in [0.5, 0.6) is 11.6 Å². The van der Waals surface area contributed by atoms with E-state index in [-0.39, 0.29) is 17.6 Å². The van der Waals surface area contributed by atoms with Gasteiger partial charge >= 0.3 is 6.18 Å². The number of aryl methyl sites for hydroxylation is 2. The first-order chi connectivity index (χ1) is 20.0. The minimum absolute atomic E-state index is 0.199. The Balaban J connectivity index is 1.48. The fraction of sp³-hybridized carbons (Fsp3) is 0.345. The van der Waals surface area contributed by atoms with Crippen molar-refractivity contribution in [1.29, 1.82) is 0 Å². The number of alkyl halides is 3. The quantitative estimate of drug-likeness (QED) is 0.216. The van der Waals surface area contributed by atoms with Crippen LogP contribution in [-0.4, -0.2) is 54.4 Å². The van der Waals surface area contributed by atoms with Crippen molar-refractivity contribution < 1.29 is 26.3 Å². The Bertz CT molecular complexity index is 1690. The smallest absolute Gasteiger partial charge is 0.390 e. The maximum atomic E-state index is 12.7. The van der Waals surface area contributed by atoms with Crippen LogP contribution < -0.4 is 20.1 Å². The number of anilines is 2. The predicted molar refractivity (Wildman–Crippen MR) is 156 cm³/mol. The first-order valence-corrected chi connectivity index (χ1v) is 15.2. The summed E-state index contributed by atoms with van der Waals surface area (Å²) in [7, 11) is -4.27. The van der Waals surface area contributed by atoms with E-state index in [4.69, 9.17) is 9.72 Å². The molecular formula is C29H31F3N6O3S. The number of piperidine rings is 1. The van der Waals surface area contributed by atoms with E-state index in [0.717, 1.165) is 31.5 Å². The van der Waals surface area contributed by atoms with Gasteiger partial charge in [-0.3, -0.25) is 4.72 Å². The maximum absolute atomic E-state index is 12.7. The van der Waals surface area contributed by atoms with Crippen LogP contribution in [0.3, 0.4) is 0 Å². The summed E-state index contributed by atoms with van der Waals surface area (Å²) in [5.41, 5.74) is 2.74. The summed E-state index contributed by atoms with van der Waals surface area (Å²) in [4.78, 5) is 13.5. The third-order valence-corrected chi connectivity index (χ3v) is 8.26. The lowest BCUT2D eigenvalue weighted by atomic mass is 10.0. The van der Waals surface area contributed by atoms with Crippen LogP contribution in [0.4, 0.5) is 24.8 Å². The van der Waals surface area contributed by atoms with Crippen LogP contribution in [0, 0.1) is 13.8 Å². The molecule has 3 N–H and O–H groups in total. The van der Waals surface area contributed by atoms with E-state index in [1.807, 2.05) is 13.0 Å². The number of sulfonamides is 1. The molecule has 5 rings (SSSR count). The molecule has 4 aromatic rings. The molecule has 42 heavy (non-hydrogen) atoms. The molecule has 0 amide bonds. The van der Waals surface area contributed by atoms with Crippen LogP contribution >= 0.6 is 0 Å². The molecular weight excluding hydrogens is 569 g/mol. The van der Waals surface area contributed by atoms with Gasteiger partial charge < -0.3 is 15.4 Å². The van der Waals surface area contributed by atoms with Gasteiger partial charge in [-0.1, -0.05) is 24.3 Å². The second-order valence-corrected chi connectivity index (χ2v) is 12.1. The van der Waals surface area contributed by atoms with Crippen molar-refractivity contribution in [3.05, 3.63) is 66.0 Å². The number of nitrogens with zero attached hydrogens (tertiary/aromatic N) is 3. The van der Waals surface area contributed by atoms with Crippen LogP contribution in [0.15, 0.2) is 54.9 Å². The van der Waals surface area contributed by atoms with Gasteiger partial charge in [-0.25, -0.2) is 23.4 Å². The zero-order valence-corrected chi connectivity index (χ0v) is 23.9. The molecule has 2 aromatic heterocycles. The Kier molecular flexibility index (Phi) is 8.50. The maximum Gasteiger partial charge on any atom is 0.390 e. The van der Waals surface area contributed by atoms with Crippen LogP contribution in [0.25, 0.3) is 22.0 Å². The largest absolute Gasteiger partial charge is 0.437 e. The fourth-order valence-electron chi connectivity index (χ4n) is 4.82. The second kappa shape index (κ2) is 12.1. The number of hydrogen-bond acceptors (Lipinski definition) is 8. The Hall–Kier alpha value is -3.97. The summed E-state index contributed by atoms with van der Waals surface area (Å²) in [5, 5.41) is 7.79. The normalized spacial score (nSPS) is 15.9. The number of nitrogens with one attached hydrogen (secondary N) is 3. The van der Waals surface area contributed by atoms with Crippen LogP contribution in [-0.2, 0) is 10.0 Å². The molecule has 1 atom stereocenters. The van der Waals surface area contributed by atoms with Crippen molar-refractivity contribution in [3.8, 4) is 22.9 Å². The number of halogens is 3. The average molecular weight is 601 g/mol. The molecule has 0 spiro atoms. The Labute approximate surface area is 242 Å². The Morgan fingerprint density at radius 3 is 2.57 bits per heavy atom. The summed E-state index contributed by atoms with van der Waals surface area (Å²) in [5.74, 6) is 0.135. The highest BCUT2D eigenvalue weighted by Crippen LogP contribution is 2.40. The van der Waals surface area contributed by atoms with Gasteiger partial charge in [0.1, 0.15) is 5.75 Å². The van der Waals surface area contributed by atoms with E-state index in [1.165, 1.54) is 0 Å². The molecule has 13 heteroatoms. The standard InChI is InChI=1S/C29H31F3N6O3S/c1-18-7-10-22-21(25(18)38-42(39,40)16-12-29(30,31)32)9-8-19(2)26(22)41-27-23(6-4-14-34-27)24-11-15-35-28(37-24)36-20-5-3-13-33-17-20/h4,6-11,14-15,20,33,38H,3,5,12-13,16-17H2,1-2H3,(H,35,36,37). The van der Waals surface area contributed by atoms with Gasteiger partial charge in [0.15, 0.2) is 0 Å². The minimum atomic E-state index is -4.59. The summed E-state index contributed by atoms with van der Waals surface area (Å²) in [6, 6.07) is 12.6. The lowest BCUT2D eigenvalue weighted by molar-refractivity contribution is -0.129. The van der Waals surface area contributed by atoms with Gasteiger partial charge in [0, 0.05) is 35.8 Å². The van der Waals surface area contributed by atoms with E-state index in [0.29, 0.717) is 39.3 Å². The Morgan fingerprint density at radius 1 is 1.02 bits per heavy atom. The van der Waals surface area contributed by atoms with E-state index in [9.17, 15) is 21.6 Å². The van der Waals surface area contributed by atoms with Crippen molar-refractivity contribution in [3.63, 3.8) is 0 Å². The molecule has 1 aliphatic heterocycles. The molecule has 2 aromatic carbocycles. The molecule has 1 aliphatic rings. The van der Waals surface area contributed by atoms with Crippen molar-refractivity contribution in [2.75, 3.05) is 28.9 Å². The molecule has 1 unspecified atom stereocenters. The predicted octanol–water partition coefficient (Wildman–Crippen LogP) is 5.96. The molecule has 3 heterocycles. The molecule has 0 bridgehead atoms. The number of pyridine rings is 1. The van der Waals surface area contributed by atoms with Gasteiger partial charge in [-0.15, -0.1) is 0 Å². The van der Waals surface area contributed by atoms with Gasteiger partial charge in [0.05, 0.1) is 29.1 Å². The molecule has 0 radical (unpaired) electrons. The van der Waals surface area contributed by atoms with Gasteiger partial charge in [-0.2, -0.15) is 13.2 Å². The van der Waals surface area contributed by atoms with E-state index in [2.05, 4.69) is 25.3 Å². The summed E-state index contributed by atoms with van der Waals surface area (Å²) in [6.45, 7) is 5.35.